The van der Waals surface area contributed by atoms with Gasteiger partial charge in [-0.2, -0.15) is 0 Å². The molecule has 4 nitrogen and oxygen atoms in total. The molecule has 0 bridgehead atoms. The van der Waals surface area contributed by atoms with Crippen LogP contribution in [0.5, 0.6) is 0 Å². The number of benzene rings is 1. The van der Waals surface area contributed by atoms with Gasteiger partial charge in [0.2, 0.25) is 5.91 Å². The third kappa shape index (κ3) is 2.64. The maximum Gasteiger partial charge on any atom is 0.248 e. The van der Waals surface area contributed by atoms with Gasteiger partial charge in [0.25, 0.3) is 0 Å². The van der Waals surface area contributed by atoms with E-state index in [1.54, 1.807) is 25.1 Å². The number of nitrogens with zero attached hydrogens (tertiary/aromatic N) is 1. The van der Waals surface area contributed by atoms with Crippen molar-refractivity contribution in [3.63, 3.8) is 0 Å². The molecule has 0 fully saturated rings. The summed E-state index contributed by atoms with van der Waals surface area (Å²) in [6, 6.07) is 6.80. The van der Waals surface area contributed by atoms with E-state index in [0.717, 1.165) is 16.9 Å². The number of aryl methyl sites for hydroxylation is 1. The smallest absolute Gasteiger partial charge is 0.248 e. The van der Waals surface area contributed by atoms with Crippen LogP contribution in [0.2, 0.25) is 5.02 Å². The Labute approximate surface area is 116 Å². The number of aliphatic hydroxyl groups excluding tert-OH is 1. The van der Waals surface area contributed by atoms with Gasteiger partial charge in [0, 0.05) is 17.5 Å². The molecule has 1 amide bonds. The molecule has 2 rings (SSSR count). The summed E-state index contributed by atoms with van der Waals surface area (Å²) in [5.74, 6) is -0.512. The lowest BCUT2D eigenvalue weighted by atomic mass is 10.2. The summed E-state index contributed by atoms with van der Waals surface area (Å²) in [4.78, 5) is 11.1. The highest BCUT2D eigenvalue weighted by molar-refractivity contribution is 6.32. The molecule has 0 spiro atoms. The number of carbonyl (C=O) groups is 1. The molecule has 1 aromatic carbocycles. The van der Waals surface area contributed by atoms with E-state index in [2.05, 4.69) is 0 Å². The number of amides is 1. The van der Waals surface area contributed by atoms with E-state index in [4.69, 9.17) is 17.3 Å². The average molecular weight is 279 g/mol. The lowest BCUT2D eigenvalue weighted by molar-refractivity contribution is 0.100. The Balaban J connectivity index is 2.50. The first kappa shape index (κ1) is 13.6. The van der Waals surface area contributed by atoms with Crippen LogP contribution in [0.4, 0.5) is 0 Å². The Hall–Kier alpha value is -1.78. The van der Waals surface area contributed by atoms with Crippen molar-refractivity contribution in [2.24, 2.45) is 5.73 Å². The van der Waals surface area contributed by atoms with Gasteiger partial charge >= 0.3 is 0 Å². The minimum Gasteiger partial charge on any atom is -0.389 e. The molecule has 5 heteroatoms. The summed E-state index contributed by atoms with van der Waals surface area (Å²) >= 11 is 6.18. The molecule has 2 aromatic rings. The van der Waals surface area contributed by atoms with E-state index in [1.807, 2.05) is 23.8 Å². The van der Waals surface area contributed by atoms with E-state index in [-0.39, 0.29) is 0 Å². The number of aromatic nitrogens is 1. The SMILES string of the molecule is Cc1cc(C(C)O)cn1-c1ccc(C(N)=O)cc1Cl. The number of rotatable bonds is 3. The fourth-order valence-corrected chi connectivity index (χ4v) is 2.21. The van der Waals surface area contributed by atoms with Gasteiger partial charge in [-0.25, -0.2) is 0 Å². The molecule has 0 saturated carbocycles. The quantitative estimate of drug-likeness (QED) is 0.906. The van der Waals surface area contributed by atoms with Crippen molar-refractivity contribution in [3.05, 3.63) is 52.3 Å². The first-order valence-electron chi connectivity index (χ1n) is 5.87. The largest absolute Gasteiger partial charge is 0.389 e. The van der Waals surface area contributed by atoms with Gasteiger partial charge in [-0.1, -0.05) is 11.6 Å². The molecule has 1 atom stereocenters. The van der Waals surface area contributed by atoms with Gasteiger partial charge in [0.05, 0.1) is 16.8 Å². The molecule has 100 valence electrons. The van der Waals surface area contributed by atoms with Crippen LogP contribution in [0.15, 0.2) is 30.5 Å². The molecule has 3 N–H and O–H groups in total. The van der Waals surface area contributed by atoms with E-state index in [9.17, 15) is 9.90 Å². The zero-order valence-electron chi connectivity index (χ0n) is 10.7. The highest BCUT2D eigenvalue weighted by Gasteiger charge is 2.12. The van der Waals surface area contributed by atoms with Crippen LogP contribution in [0.3, 0.4) is 0 Å². The van der Waals surface area contributed by atoms with Crippen LogP contribution in [-0.4, -0.2) is 15.6 Å². The second kappa shape index (κ2) is 5.07. The summed E-state index contributed by atoms with van der Waals surface area (Å²) in [5.41, 5.74) is 8.09. The van der Waals surface area contributed by atoms with E-state index in [0.29, 0.717) is 10.6 Å². The summed E-state index contributed by atoms with van der Waals surface area (Å²) in [5, 5.41) is 10.0. The molecule has 1 aromatic heterocycles. The molecule has 0 aliphatic carbocycles. The van der Waals surface area contributed by atoms with Crippen molar-refractivity contribution in [3.8, 4) is 5.69 Å². The van der Waals surface area contributed by atoms with Crippen molar-refractivity contribution in [2.45, 2.75) is 20.0 Å². The number of primary amides is 1. The van der Waals surface area contributed by atoms with Crippen LogP contribution in [0.1, 0.15) is 34.6 Å². The normalized spacial score (nSPS) is 12.4. The monoisotopic (exact) mass is 278 g/mol. The first-order valence-corrected chi connectivity index (χ1v) is 6.24. The standard InChI is InChI=1S/C14H15ClN2O2/c1-8-5-11(9(2)18)7-17(8)13-4-3-10(14(16)19)6-12(13)15/h3-7,9,18H,1-2H3,(H2,16,19). The number of aliphatic hydroxyl groups is 1. The van der Waals surface area contributed by atoms with Crippen molar-refractivity contribution < 1.29 is 9.90 Å². The third-order valence-electron chi connectivity index (χ3n) is 3.01. The summed E-state index contributed by atoms with van der Waals surface area (Å²) in [6.07, 6.45) is 1.29. The molecule has 1 unspecified atom stereocenters. The van der Waals surface area contributed by atoms with Crippen molar-refractivity contribution >= 4 is 17.5 Å². The molecular formula is C14H15ClN2O2. The fraction of sp³-hybridized carbons (Fsp3) is 0.214. The van der Waals surface area contributed by atoms with Crippen LogP contribution in [0, 0.1) is 6.92 Å². The number of halogens is 1. The molecule has 0 radical (unpaired) electrons. The fourth-order valence-electron chi connectivity index (χ4n) is 1.94. The van der Waals surface area contributed by atoms with Crippen molar-refractivity contribution in [1.82, 2.24) is 4.57 Å². The minimum atomic E-state index is -0.538. The van der Waals surface area contributed by atoms with Gasteiger partial charge < -0.3 is 15.4 Å². The topological polar surface area (TPSA) is 68.2 Å². The minimum absolute atomic E-state index is 0.370. The van der Waals surface area contributed by atoms with Gasteiger partial charge in [-0.05, 0) is 43.7 Å². The summed E-state index contributed by atoms with van der Waals surface area (Å²) in [7, 11) is 0. The second-order valence-electron chi connectivity index (χ2n) is 4.49. The van der Waals surface area contributed by atoms with Gasteiger partial charge in [0.1, 0.15) is 0 Å². The Morgan fingerprint density at radius 2 is 2.11 bits per heavy atom. The summed E-state index contributed by atoms with van der Waals surface area (Å²) < 4.78 is 1.87. The second-order valence-corrected chi connectivity index (χ2v) is 4.90. The maximum atomic E-state index is 11.1. The zero-order valence-corrected chi connectivity index (χ0v) is 11.5. The molecular weight excluding hydrogens is 264 g/mol. The third-order valence-corrected chi connectivity index (χ3v) is 3.31. The lowest BCUT2D eigenvalue weighted by Crippen LogP contribution is -2.11. The van der Waals surface area contributed by atoms with Crippen LogP contribution in [-0.2, 0) is 0 Å². The number of nitrogens with two attached hydrogens (primary N) is 1. The van der Waals surface area contributed by atoms with Gasteiger partial charge in [-0.3, -0.25) is 4.79 Å². The number of hydrogen-bond acceptors (Lipinski definition) is 2. The highest BCUT2D eigenvalue weighted by atomic mass is 35.5. The summed E-state index contributed by atoms with van der Waals surface area (Å²) in [6.45, 7) is 3.63. The van der Waals surface area contributed by atoms with Gasteiger partial charge in [-0.15, -0.1) is 0 Å². The van der Waals surface area contributed by atoms with Crippen LogP contribution < -0.4 is 5.73 Å². The van der Waals surface area contributed by atoms with E-state index in [1.165, 1.54) is 0 Å². The molecule has 0 saturated heterocycles. The van der Waals surface area contributed by atoms with E-state index < -0.39 is 12.0 Å². The molecule has 0 aliphatic rings. The molecule has 0 aliphatic heterocycles. The van der Waals surface area contributed by atoms with Gasteiger partial charge in [0.15, 0.2) is 0 Å². The first-order chi connectivity index (χ1) is 8.90. The predicted octanol–water partition coefficient (Wildman–Crippen LogP) is 2.59. The Morgan fingerprint density at radius 3 is 2.58 bits per heavy atom. The average Bonchev–Trinajstić information content (AvgIpc) is 2.71. The Kier molecular flexibility index (Phi) is 3.64. The van der Waals surface area contributed by atoms with Crippen molar-refractivity contribution in [1.29, 1.82) is 0 Å². The maximum absolute atomic E-state index is 11.1. The predicted molar refractivity (Wildman–Crippen MR) is 74.7 cm³/mol. The molecule has 1 heterocycles. The lowest BCUT2D eigenvalue weighted by Gasteiger charge is -2.09. The molecule has 19 heavy (non-hydrogen) atoms. The Bertz CT molecular complexity index is 632. The van der Waals surface area contributed by atoms with Crippen molar-refractivity contribution in [2.75, 3.05) is 0 Å². The number of hydrogen-bond donors (Lipinski definition) is 2. The van der Waals surface area contributed by atoms with Crippen LogP contribution >= 0.6 is 11.6 Å². The Morgan fingerprint density at radius 1 is 1.42 bits per heavy atom. The highest BCUT2D eigenvalue weighted by Crippen LogP contribution is 2.26. The van der Waals surface area contributed by atoms with Crippen LogP contribution in [0.25, 0.3) is 5.69 Å². The number of carbonyl (C=O) groups excluding carboxylic acids is 1. The zero-order chi connectivity index (χ0) is 14.2. The van der Waals surface area contributed by atoms with E-state index >= 15 is 0 Å².